The summed E-state index contributed by atoms with van der Waals surface area (Å²) in [4.78, 5) is 12.3. The first-order chi connectivity index (χ1) is 11.6. The molecule has 136 valence electrons. The van der Waals surface area contributed by atoms with Gasteiger partial charge in [0, 0.05) is 17.8 Å². The van der Waals surface area contributed by atoms with Crippen LogP contribution in [0.1, 0.15) is 30.6 Å². The van der Waals surface area contributed by atoms with Crippen molar-refractivity contribution >= 4 is 24.0 Å². The van der Waals surface area contributed by atoms with Crippen molar-refractivity contribution in [2.45, 2.75) is 26.4 Å². The number of halogens is 1. The van der Waals surface area contributed by atoms with Gasteiger partial charge in [-0.3, -0.25) is 4.79 Å². The van der Waals surface area contributed by atoms with E-state index in [9.17, 15) is 4.79 Å². The molecule has 0 spiro atoms. The summed E-state index contributed by atoms with van der Waals surface area (Å²) >= 11 is 0. The number of ether oxygens (including phenoxy) is 2. The summed E-state index contributed by atoms with van der Waals surface area (Å²) in [7, 11) is 0. The summed E-state index contributed by atoms with van der Waals surface area (Å²) in [5, 5.41) is 2.85. The minimum absolute atomic E-state index is 0. The Labute approximate surface area is 154 Å². The zero-order valence-corrected chi connectivity index (χ0v) is 15.3. The van der Waals surface area contributed by atoms with Crippen molar-refractivity contribution in [1.29, 1.82) is 0 Å². The Balaban J connectivity index is 0.00000312. The molecule has 0 radical (unpaired) electrons. The van der Waals surface area contributed by atoms with E-state index in [0.717, 1.165) is 17.9 Å². The lowest BCUT2D eigenvalue weighted by molar-refractivity contribution is 0.102. The molecule has 1 unspecified atom stereocenters. The van der Waals surface area contributed by atoms with E-state index < -0.39 is 0 Å². The van der Waals surface area contributed by atoms with Crippen LogP contribution in [0.25, 0.3) is 0 Å². The molecule has 2 aromatic rings. The molecular weight excluding hydrogens is 340 g/mol. The quantitative estimate of drug-likeness (QED) is 0.745. The first-order valence-corrected chi connectivity index (χ1v) is 8.13. The van der Waals surface area contributed by atoms with Gasteiger partial charge in [0.2, 0.25) is 0 Å². The largest absolute Gasteiger partial charge is 0.492 e. The Hall–Kier alpha value is -2.24. The lowest BCUT2D eigenvalue weighted by atomic mass is 10.2. The Morgan fingerprint density at radius 3 is 2.24 bits per heavy atom. The molecular formula is C19H25ClN2O3. The van der Waals surface area contributed by atoms with Crippen LogP contribution in [0.2, 0.25) is 0 Å². The van der Waals surface area contributed by atoms with Gasteiger partial charge in [0.25, 0.3) is 5.91 Å². The summed E-state index contributed by atoms with van der Waals surface area (Å²) in [6, 6.07) is 14.3. The van der Waals surface area contributed by atoms with Gasteiger partial charge in [-0.2, -0.15) is 0 Å². The van der Waals surface area contributed by atoms with Gasteiger partial charge in [-0.05, 0) is 61.9 Å². The van der Waals surface area contributed by atoms with E-state index in [1.807, 2.05) is 19.1 Å². The summed E-state index contributed by atoms with van der Waals surface area (Å²) in [5.74, 6) is 1.33. The highest BCUT2D eigenvalue weighted by molar-refractivity contribution is 6.04. The van der Waals surface area contributed by atoms with E-state index in [-0.39, 0.29) is 24.4 Å². The number of amides is 1. The molecule has 1 amide bonds. The molecule has 0 saturated carbocycles. The number of hydrogen-bond donors (Lipinski definition) is 2. The molecule has 2 rings (SSSR count). The van der Waals surface area contributed by atoms with E-state index in [1.165, 1.54) is 0 Å². The fraction of sp³-hybridized carbons (Fsp3) is 0.316. The van der Waals surface area contributed by atoms with Gasteiger partial charge in [0.05, 0.1) is 6.10 Å². The van der Waals surface area contributed by atoms with Crippen molar-refractivity contribution in [3.8, 4) is 11.5 Å². The van der Waals surface area contributed by atoms with Gasteiger partial charge in [-0.25, -0.2) is 0 Å². The van der Waals surface area contributed by atoms with Crippen LogP contribution < -0.4 is 20.5 Å². The minimum atomic E-state index is -0.166. The molecule has 0 saturated heterocycles. The van der Waals surface area contributed by atoms with Crippen molar-refractivity contribution in [3.63, 3.8) is 0 Å². The van der Waals surface area contributed by atoms with Crippen molar-refractivity contribution in [1.82, 2.24) is 0 Å². The fourth-order valence-electron chi connectivity index (χ4n) is 2.02. The Morgan fingerprint density at radius 2 is 1.68 bits per heavy atom. The maximum Gasteiger partial charge on any atom is 0.255 e. The van der Waals surface area contributed by atoms with Crippen LogP contribution in [0, 0.1) is 0 Å². The van der Waals surface area contributed by atoms with Gasteiger partial charge in [-0.1, -0.05) is 6.92 Å². The van der Waals surface area contributed by atoms with E-state index in [2.05, 4.69) is 12.2 Å². The van der Waals surface area contributed by atoms with Gasteiger partial charge in [-0.15, -0.1) is 12.4 Å². The van der Waals surface area contributed by atoms with Crippen LogP contribution in [-0.2, 0) is 0 Å². The predicted molar refractivity (Wildman–Crippen MR) is 103 cm³/mol. The molecule has 0 aliphatic rings. The number of hydrogen-bond acceptors (Lipinski definition) is 4. The lowest BCUT2D eigenvalue weighted by Gasteiger charge is -2.13. The highest BCUT2D eigenvalue weighted by Gasteiger charge is 2.07. The fourth-order valence-corrected chi connectivity index (χ4v) is 2.02. The summed E-state index contributed by atoms with van der Waals surface area (Å²) in [6.07, 6.45) is 1.09. The first kappa shape index (κ1) is 20.8. The maximum absolute atomic E-state index is 12.3. The summed E-state index contributed by atoms with van der Waals surface area (Å²) in [6.45, 7) is 5.02. The monoisotopic (exact) mass is 364 g/mol. The number of benzene rings is 2. The molecule has 0 heterocycles. The van der Waals surface area contributed by atoms with Crippen LogP contribution in [0.15, 0.2) is 48.5 Å². The van der Waals surface area contributed by atoms with Crippen molar-refractivity contribution in [3.05, 3.63) is 54.1 Å². The lowest BCUT2D eigenvalue weighted by Crippen LogP contribution is -2.13. The second-order valence-electron chi connectivity index (χ2n) is 5.48. The van der Waals surface area contributed by atoms with Gasteiger partial charge in [0.1, 0.15) is 18.1 Å². The molecule has 0 fully saturated rings. The molecule has 0 aromatic heterocycles. The molecule has 1 atom stereocenters. The number of carbonyl (C=O) groups excluding carboxylic acids is 1. The number of anilines is 1. The van der Waals surface area contributed by atoms with Gasteiger partial charge >= 0.3 is 0 Å². The third kappa shape index (κ3) is 6.64. The van der Waals surface area contributed by atoms with Crippen LogP contribution in [0.3, 0.4) is 0 Å². The Morgan fingerprint density at radius 1 is 1.08 bits per heavy atom. The third-order valence-corrected chi connectivity index (χ3v) is 3.53. The van der Waals surface area contributed by atoms with Crippen molar-refractivity contribution in [2.75, 3.05) is 18.5 Å². The van der Waals surface area contributed by atoms with Crippen LogP contribution in [0.5, 0.6) is 11.5 Å². The standard InChI is InChI=1S/C19H24N2O3.ClH/c1-3-14(2)24-18-8-4-15(5-9-18)19(22)21-16-6-10-17(11-7-16)23-13-12-20;/h4-11,14H,3,12-13,20H2,1-2H3,(H,21,22);1H. The summed E-state index contributed by atoms with van der Waals surface area (Å²) < 4.78 is 11.1. The number of nitrogens with two attached hydrogens (primary N) is 1. The average Bonchev–Trinajstić information content (AvgIpc) is 2.61. The van der Waals surface area contributed by atoms with Crippen molar-refractivity contribution in [2.24, 2.45) is 5.73 Å². The van der Waals surface area contributed by atoms with Crippen LogP contribution >= 0.6 is 12.4 Å². The number of rotatable bonds is 8. The first-order valence-electron chi connectivity index (χ1n) is 8.13. The zero-order chi connectivity index (χ0) is 17.4. The average molecular weight is 365 g/mol. The molecule has 0 aliphatic heterocycles. The minimum Gasteiger partial charge on any atom is -0.492 e. The highest BCUT2D eigenvalue weighted by Crippen LogP contribution is 2.18. The van der Waals surface area contributed by atoms with E-state index in [4.69, 9.17) is 15.2 Å². The molecule has 3 N–H and O–H groups in total. The highest BCUT2D eigenvalue weighted by atomic mass is 35.5. The van der Waals surface area contributed by atoms with Crippen LogP contribution in [0.4, 0.5) is 5.69 Å². The Bertz CT molecular complexity index is 645. The van der Waals surface area contributed by atoms with E-state index in [1.54, 1.807) is 36.4 Å². The molecule has 5 nitrogen and oxygen atoms in total. The topological polar surface area (TPSA) is 73.6 Å². The number of nitrogens with one attached hydrogen (secondary N) is 1. The molecule has 6 heteroatoms. The maximum atomic E-state index is 12.3. The second kappa shape index (κ2) is 10.6. The van der Waals surface area contributed by atoms with Gasteiger partial charge < -0.3 is 20.5 Å². The zero-order valence-electron chi connectivity index (χ0n) is 14.5. The number of carbonyl (C=O) groups is 1. The predicted octanol–water partition coefficient (Wildman–Crippen LogP) is 3.88. The van der Waals surface area contributed by atoms with E-state index >= 15 is 0 Å². The normalized spacial score (nSPS) is 11.2. The van der Waals surface area contributed by atoms with E-state index in [0.29, 0.717) is 24.4 Å². The smallest absolute Gasteiger partial charge is 0.255 e. The molecule has 0 aliphatic carbocycles. The van der Waals surface area contributed by atoms with Crippen molar-refractivity contribution < 1.29 is 14.3 Å². The Kier molecular flexibility index (Phi) is 8.81. The molecule has 2 aromatic carbocycles. The molecule has 0 bridgehead atoms. The summed E-state index contributed by atoms with van der Waals surface area (Å²) in [5.41, 5.74) is 6.68. The SMILES string of the molecule is CCC(C)Oc1ccc(C(=O)Nc2ccc(OCCN)cc2)cc1.Cl. The van der Waals surface area contributed by atoms with Crippen LogP contribution in [-0.4, -0.2) is 25.2 Å². The second-order valence-corrected chi connectivity index (χ2v) is 5.48. The third-order valence-electron chi connectivity index (χ3n) is 3.53. The molecule has 25 heavy (non-hydrogen) atoms. The van der Waals surface area contributed by atoms with Gasteiger partial charge in [0.15, 0.2) is 0 Å².